The van der Waals surface area contributed by atoms with Gasteiger partial charge in [0.05, 0.1) is 5.69 Å². The van der Waals surface area contributed by atoms with E-state index in [0.29, 0.717) is 11.8 Å². The van der Waals surface area contributed by atoms with Crippen molar-refractivity contribution in [2.24, 2.45) is 0 Å². The summed E-state index contributed by atoms with van der Waals surface area (Å²) in [6.45, 7) is 8.52. The molecule has 0 spiro atoms. The first-order chi connectivity index (χ1) is 8.49. The second-order valence-corrected chi connectivity index (χ2v) is 5.28. The third-order valence-electron chi connectivity index (χ3n) is 3.17. The molecule has 1 N–H and O–H groups in total. The minimum absolute atomic E-state index is 0.0494. The minimum atomic E-state index is -0.0494. The third-order valence-corrected chi connectivity index (χ3v) is 3.17. The van der Waals surface area contributed by atoms with Gasteiger partial charge in [-0.05, 0) is 29.5 Å². The average molecular weight is 244 g/mol. The van der Waals surface area contributed by atoms with Crippen molar-refractivity contribution in [2.45, 2.75) is 39.5 Å². The molecule has 0 atom stereocenters. The van der Waals surface area contributed by atoms with E-state index in [4.69, 9.17) is 0 Å². The van der Waals surface area contributed by atoms with Gasteiger partial charge < -0.3 is 0 Å². The molecule has 0 saturated carbocycles. The van der Waals surface area contributed by atoms with Crippen molar-refractivity contribution in [2.75, 3.05) is 0 Å². The van der Waals surface area contributed by atoms with Crippen LogP contribution in [0.25, 0.3) is 5.69 Å². The lowest BCUT2D eigenvalue weighted by Gasteiger charge is -2.12. The first-order valence-electron chi connectivity index (χ1n) is 6.41. The highest BCUT2D eigenvalue weighted by atomic mass is 16.1. The summed E-state index contributed by atoms with van der Waals surface area (Å²) in [5.74, 6) is 0.834. The molecular weight excluding hydrogens is 224 g/mol. The second-order valence-electron chi connectivity index (χ2n) is 5.28. The predicted octanol–water partition coefficient (Wildman–Crippen LogP) is 3.41. The molecule has 2 rings (SSSR count). The summed E-state index contributed by atoms with van der Waals surface area (Å²) in [5, 5.41) is 2.85. The molecule has 0 amide bonds. The maximum absolute atomic E-state index is 11.5. The number of H-pyrrole nitrogens is 1. The fourth-order valence-corrected chi connectivity index (χ4v) is 2.05. The number of nitrogens with one attached hydrogen (secondary N) is 1. The normalized spacial score (nSPS) is 11.4. The van der Waals surface area contributed by atoms with Gasteiger partial charge in [0.15, 0.2) is 0 Å². The molecule has 0 saturated heterocycles. The Hall–Kier alpha value is -1.77. The Balaban J connectivity index is 2.45. The van der Waals surface area contributed by atoms with Gasteiger partial charge in [-0.2, -0.15) is 0 Å². The lowest BCUT2D eigenvalue weighted by atomic mass is 10.0. The van der Waals surface area contributed by atoms with E-state index in [0.717, 1.165) is 11.4 Å². The molecule has 2 aromatic rings. The van der Waals surface area contributed by atoms with Gasteiger partial charge in [-0.25, -0.2) is 0 Å². The molecule has 0 unspecified atom stereocenters. The number of hydrogen-bond donors (Lipinski definition) is 1. The average Bonchev–Trinajstić information content (AvgIpc) is 2.71. The molecule has 0 aliphatic carbocycles. The summed E-state index contributed by atoms with van der Waals surface area (Å²) in [5.41, 5.74) is 3.27. The molecule has 18 heavy (non-hydrogen) atoms. The van der Waals surface area contributed by atoms with Crippen LogP contribution in [0.2, 0.25) is 0 Å². The van der Waals surface area contributed by atoms with Crippen molar-refractivity contribution < 1.29 is 0 Å². The quantitative estimate of drug-likeness (QED) is 0.882. The van der Waals surface area contributed by atoms with Gasteiger partial charge in [-0.15, -0.1) is 0 Å². The Morgan fingerprint density at radius 3 is 2.11 bits per heavy atom. The largest absolute Gasteiger partial charge is 0.268 e. The Kier molecular flexibility index (Phi) is 3.41. The van der Waals surface area contributed by atoms with Crippen LogP contribution in [0.4, 0.5) is 0 Å². The van der Waals surface area contributed by atoms with Gasteiger partial charge in [-0.1, -0.05) is 39.8 Å². The van der Waals surface area contributed by atoms with E-state index in [9.17, 15) is 4.79 Å². The maximum atomic E-state index is 11.5. The SMILES string of the molecule is CC(C)c1ccc(-n2[nH]c(=O)cc2C(C)C)cc1. The molecule has 1 heterocycles. The summed E-state index contributed by atoms with van der Waals surface area (Å²) >= 11 is 0. The minimum Gasteiger partial charge on any atom is -0.268 e. The van der Waals surface area contributed by atoms with Crippen molar-refractivity contribution in [3.8, 4) is 5.69 Å². The fourth-order valence-electron chi connectivity index (χ4n) is 2.05. The van der Waals surface area contributed by atoms with Gasteiger partial charge in [0.25, 0.3) is 5.56 Å². The number of aromatic amines is 1. The summed E-state index contributed by atoms with van der Waals surface area (Å²) in [4.78, 5) is 11.5. The van der Waals surface area contributed by atoms with Crippen LogP contribution in [0.15, 0.2) is 35.1 Å². The van der Waals surface area contributed by atoms with Crippen LogP contribution in [0.3, 0.4) is 0 Å². The standard InChI is InChI=1S/C15H20N2O/c1-10(2)12-5-7-13(8-6-12)17-14(11(3)4)9-15(18)16-17/h5-11H,1-4H3,(H,16,18). The summed E-state index contributed by atoms with van der Waals surface area (Å²) in [6.07, 6.45) is 0. The van der Waals surface area contributed by atoms with E-state index in [-0.39, 0.29) is 5.56 Å². The van der Waals surface area contributed by atoms with Crippen LogP contribution in [-0.4, -0.2) is 9.78 Å². The van der Waals surface area contributed by atoms with Crippen molar-refractivity contribution in [1.29, 1.82) is 0 Å². The summed E-state index contributed by atoms with van der Waals surface area (Å²) in [6, 6.07) is 10.0. The topological polar surface area (TPSA) is 37.8 Å². The molecule has 0 fully saturated rings. The molecule has 0 aliphatic rings. The molecule has 3 nitrogen and oxygen atoms in total. The number of hydrogen-bond acceptors (Lipinski definition) is 1. The number of aromatic nitrogens is 2. The van der Waals surface area contributed by atoms with E-state index >= 15 is 0 Å². The Morgan fingerprint density at radius 2 is 1.61 bits per heavy atom. The van der Waals surface area contributed by atoms with Crippen LogP contribution >= 0.6 is 0 Å². The van der Waals surface area contributed by atoms with Crippen LogP contribution in [-0.2, 0) is 0 Å². The Bertz CT molecular complexity index is 573. The van der Waals surface area contributed by atoms with Crippen LogP contribution < -0.4 is 5.56 Å². The van der Waals surface area contributed by atoms with Crippen LogP contribution in [0, 0.1) is 0 Å². The monoisotopic (exact) mass is 244 g/mol. The number of rotatable bonds is 3. The predicted molar refractivity (Wildman–Crippen MR) is 74.6 cm³/mol. The molecule has 3 heteroatoms. The molecule has 0 radical (unpaired) electrons. The number of benzene rings is 1. The smallest absolute Gasteiger partial charge is 0.264 e. The highest BCUT2D eigenvalue weighted by Gasteiger charge is 2.10. The van der Waals surface area contributed by atoms with E-state index in [1.54, 1.807) is 6.07 Å². The highest BCUT2D eigenvalue weighted by Crippen LogP contribution is 2.19. The van der Waals surface area contributed by atoms with E-state index in [1.165, 1.54) is 5.56 Å². The first kappa shape index (κ1) is 12.7. The summed E-state index contributed by atoms with van der Waals surface area (Å²) in [7, 11) is 0. The van der Waals surface area contributed by atoms with E-state index < -0.39 is 0 Å². The zero-order valence-corrected chi connectivity index (χ0v) is 11.4. The zero-order chi connectivity index (χ0) is 13.3. The van der Waals surface area contributed by atoms with Crippen molar-refractivity contribution >= 4 is 0 Å². The molecule has 96 valence electrons. The van der Waals surface area contributed by atoms with Crippen molar-refractivity contribution in [3.63, 3.8) is 0 Å². The van der Waals surface area contributed by atoms with Crippen molar-refractivity contribution in [3.05, 3.63) is 51.9 Å². The third kappa shape index (κ3) is 2.40. The highest BCUT2D eigenvalue weighted by molar-refractivity contribution is 5.36. The van der Waals surface area contributed by atoms with Gasteiger partial charge in [-0.3, -0.25) is 14.6 Å². The van der Waals surface area contributed by atoms with Crippen molar-refractivity contribution in [1.82, 2.24) is 9.78 Å². The van der Waals surface area contributed by atoms with Crippen LogP contribution in [0.1, 0.15) is 50.8 Å². The van der Waals surface area contributed by atoms with Gasteiger partial charge in [0.2, 0.25) is 0 Å². The van der Waals surface area contributed by atoms with E-state index in [1.807, 2.05) is 4.68 Å². The fraction of sp³-hybridized carbons (Fsp3) is 0.400. The number of nitrogens with zero attached hydrogens (tertiary/aromatic N) is 1. The summed E-state index contributed by atoms with van der Waals surface area (Å²) < 4.78 is 1.87. The first-order valence-corrected chi connectivity index (χ1v) is 6.41. The van der Waals surface area contributed by atoms with Gasteiger partial charge in [0, 0.05) is 11.8 Å². The zero-order valence-electron chi connectivity index (χ0n) is 11.4. The Labute approximate surface area is 107 Å². The van der Waals surface area contributed by atoms with E-state index in [2.05, 4.69) is 57.1 Å². The maximum Gasteiger partial charge on any atom is 0.264 e. The van der Waals surface area contributed by atoms with Gasteiger partial charge in [0.1, 0.15) is 0 Å². The molecule has 0 aliphatic heterocycles. The molecular formula is C15H20N2O. The molecule has 1 aromatic carbocycles. The second kappa shape index (κ2) is 4.84. The van der Waals surface area contributed by atoms with Gasteiger partial charge >= 0.3 is 0 Å². The molecule has 1 aromatic heterocycles. The lowest BCUT2D eigenvalue weighted by molar-refractivity contribution is 0.730. The molecule has 0 bridgehead atoms. The lowest BCUT2D eigenvalue weighted by Crippen LogP contribution is -2.06. The van der Waals surface area contributed by atoms with Crippen LogP contribution in [0.5, 0.6) is 0 Å². The Morgan fingerprint density at radius 1 is 1.00 bits per heavy atom.